The van der Waals surface area contributed by atoms with Crippen LogP contribution in [0.25, 0.3) is 0 Å². The van der Waals surface area contributed by atoms with Gasteiger partial charge in [-0.2, -0.15) is 4.72 Å². The number of methoxy groups -OCH3 is 2. The number of benzene rings is 1. The summed E-state index contributed by atoms with van der Waals surface area (Å²) >= 11 is 0. The summed E-state index contributed by atoms with van der Waals surface area (Å²) in [5, 5.41) is 0. The molecule has 1 rings (SSSR count). The van der Waals surface area contributed by atoms with E-state index in [2.05, 4.69) is 4.72 Å². The third-order valence-electron chi connectivity index (χ3n) is 1.73. The van der Waals surface area contributed by atoms with E-state index in [9.17, 15) is 8.42 Å². The van der Waals surface area contributed by atoms with Crippen LogP contribution in [-0.2, 0) is 19.5 Å². The number of nitrogens with one attached hydrogen (secondary N) is 1. The Labute approximate surface area is 89.1 Å². The molecule has 0 aliphatic heterocycles. The molecular weight excluding hydrogens is 218 g/mol. The van der Waals surface area contributed by atoms with Gasteiger partial charge in [-0.25, -0.2) is 8.42 Å². The monoisotopic (exact) mass is 231 g/mol. The van der Waals surface area contributed by atoms with Gasteiger partial charge in [-0.1, -0.05) is 18.2 Å². The minimum Gasteiger partial charge on any atom is -0.342 e. The second kappa shape index (κ2) is 5.22. The number of ether oxygens (including phenoxy) is 2. The largest absolute Gasteiger partial charge is 0.342 e. The van der Waals surface area contributed by atoms with Crippen LogP contribution in [0.5, 0.6) is 0 Å². The molecule has 0 fully saturated rings. The summed E-state index contributed by atoms with van der Waals surface area (Å²) in [5.74, 6) is 0. The smallest absolute Gasteiger partial charge is 0.244 e. The quantitative estimate of drug-likeness (QED) is 0.751. The average Bonchev–Trinajstić information content (AvgIpc) is 2.27. The van der Waals surface area contributed by atoms with Crippen molar-refractivity contribution in [3.05, 3.63) is 30.3 Å². The lowest BCUT2D eigenvalue weighted by Gasteiger charge is -2.14. The van der Waals surface area contributed by atoms with Crippen molar-refractivity contribution in [2.24, 2.45) is 0 Å². The van der Waals surface area contributed by atoms with Crippen LogP contribution >= 0.6 is 0 Å². The van der Waals surface area contributed by atoms with E-state index in [4.69, 9.17) is 9.47 Å². The van der Waals surface area contributed by atoms with Crippen LogP contribution in [0.4, 0.5) is 0 Å². The predicted octanol–water partition coefficient (Wildman–Crippen LogP) is 0.541. The molecule has 0 aliphatic rings. The van der Waals surface area contributed by atoms with Crippen molar-refractivity contribution in [1.82, 2.24) is 4.72 Å². The van der Waals surface area contributed by atoms with Crippen LogP contribution in [0.15, 0.2) is 35.2 Å². The molecule has 0 amide bonds. The highest BCUT2D eigenvalue weighted by Gasteiger charge is 2.18. The van der Waals surface area contributed by atoms with Gasteiger partial charge in [-0.15, -0.1) is 0 Å². The maximum atomic E-state index is 11.7. The number of hydrogen-bond acceptors (Lipinski definition) is 4. The second-order valence-corrected chi connectivity index (χ2v) is 4.45. The Morgan fingerprint density at radius 2 is 1.67 bits per heavy atom. The summed E-state index contributed by atoms with van der Waals surface area (Å²) in [6, 6.07) is 8.00. The van der Waals surface area contributed by atoms with E-state index in [1.165, 1.54) is 26.4 Å². The van der Waals surface area contributed by atoms with Crippen LogP contribution in [0.2, 0.25) is 0 Å². The van der Waals surface area contributed by atoms with E-state index in [0.29, 0.717) is 0 Å². The van der Waals surface area contributed by atoms with Crippen molar-refractivity contribution in [3.63, 3.8) is 0 Å². The van der Waals surface area contributed by atoms with Crippen LogP contribution in [0.1, 0.15) is 0 Å². The number of sulfonamides is 1. The molecule has 5 nitrogen and oxygen atoms in total. The molecule has 0 aromatic heterocycles. The first-order chi connectivity index (χ1) is 7.10. The molecular formula is C9H13NO4S. The Morgan fingerprint density at radius 1 is 1.13 bits per heavy atom. The molecule has 0 aliphatic carbocycles. The minimum absolute atomic E-state index is 0.170. The van der Waals surface area contributed by atoms with E-state index >= 15 is 0 Å². The van der Waals surface area contributed by atoms with E-state index in [1.807, 2.05) is 0 Å². The highest BCUT2D eigenvalue weighted by Crippen LogP contribution is 2.08. The Morgan fingerprint density at radius 3 is 2.13 bits per heavy atom. The van der Waals surface area contributed by atoms with E-state index in [0.717, 1.165) is 0 Å². The van der Waals surface area contributed by atoms with Gasteiger partial charge in [-0.3, -0.25) is 0 Å². The van der Waals surface area contributed by atoms with E-state index in [1.54, 1.807) is 18.2 Å². The lowest BCUT2D eigenvalue weighted by Crippen LogP contribution is -2.37. The normalized spacial score (nSPS) is 11.9. The Hall–Kier alpha value is -0.950. The fraction of sp³-hybridized carbons (Fsp3) is 0.333. The predicted molar refractivity (Wildman–Crippen MR) is 54.6 cm³/mol. The first kappa shape index (κ1) is 12.1. The van der Waals surface area contributed by atoms with Gasteiger partial charge in [0.15, 0.2) is 0 Å². The molecule has 6 heteroatoms. The SMILES string of the molecule is COC(NS(=O)(=O)c1ccccc1)OC. The van der Waals surface area contributed by atoms with Gasteiger partial charge in [0.1, 0.15) is 0 Å². The fourth-order valence-corrected chi connectivity index (χ4v) is 2.08. The third-order valence-corrected chi connectivity index (χ3v) is 3.13. The van der Waals surface area contributed by atoms with Gasteiger partial charge in [0.25, 0.3) is 0 Å². The summed E-state index contributed by atoms with van der Waals surface area (Å²) < 4.78 is 35.1. The van der Waals surface area contributed by atoms with Crippen LogP contribution in [-0.4, -0.2) is 29.1 Å². The van der Waals surface area contributed by atoms with E-state index in [-0.39, 0.29) is 4.90 Å². The summed E-state index contributed by atoms with van der Waals surface area (Å²) in [6.45, 7) is 0. The molecule has 1 aromatic rings. The molecule has 0 saturated carbocycles. The topological polar surface area (TPSA) is 64.6 Å². The maximum absolute atomic E-state index is 11.7. The Balaban J connectivity index is 2.85. The average molecular weight is 231 g/mol. The Bertz CT molecular complexity index is 386. The number of rotatable bonds is 5. The van der Waals surface area contributed by atoms with Gasteiger partial charge in [0.05, 0.1) is 4.90 Å². The summed E-state index contributed by atoms with van der Waals surface area (Å²) in [6.07, 6.45) is -0.977. The maximum Gasteiger partial charge on any atom is 0.244 e. The van der Waals surface area contributed by atoms with Crippen LogP contribution in [0.3, 0.4) is 0 Å². The zero-order valence-electron chi connectivity index (χ0n) is 8.51. The van der Waals surface area contributed by atoms with E-state index < -0.39 is 16.4 Å². The van der Waals surface area contributed by atoms with Crippen LogP contribution in [0, 0.1) is 0 Å². The second-order valence-electron chi connectivity index (χ2n) is 2.74. The van der Waals surface area contributed by atoms with Gasteiger partial charge in [-0.05, 0) is 12.1 Å². The molecule has 84 valence electrons. The molecule has 1 aromatic carbocycles. The highest BCUT2D eigenvalue weighted by atomic mass is 32.2. The first-order valence-corrected chi connectivity index (χ1v) is 5.71. The molecule has 0 saturated heterocycles. The third kappa shape index (κ3) is 3.28. The molecule has 15 heavy (non-hydrogen) atoms. The zero-order valence-corrected chi connectivity index (χ0v) is 9.32. The van der Waals surface area contributed by atoms with Gasteiger partial charge in [0, 0.05) is 14.2 Å². The molecule has 0 spiro atoms. The fourth-order valence-electron chi connectivity index (χ4n) is 0.987. The molecule has 0 unspecified atom stereocenters. The standard InChI is InChI=1S/C9H13NO4S/c1-13-9(14-2)10-15(11,12)8-6-4-3-5-7-8/h3-7,9-10H,1-2H3. The van der Waals surface area contributed by atoms with Gasteiger partial charge < -0.3 is 9.47 Å². The van der Waals surface area contributed by atoms with Crippen molar-refractivity contribution in [2.45, 2.75) is 11.3 Å². The minimum atomic E-state index is -3.58. The summed E-state index contributed by atoms with van der Waals surface area (Å²) in [4.78, 5) is 0.170. The zero-order chi connectivity index (χ0) is 11.3. The van der Waals surface area contributed by atoms with Crippen molar-refractivity contribution < 1.29 is 17.9 Å². The number of hydrogen-bond donors (Lipinski definition) is 1. The molecule has 1 N–H and O–H groups in total. The van der Waals surface area contributed by atoms with Crippen molar-refractivity contribution in [1.29, 1.82) is 0 Å². The highest BCUT2D eigenvalue weighted by molar-refractivity contribution is 7.89. The lowest BCUT2D eigenvalue weighted by atomic mass is 10.4. The van der Waals surface area contributed by atoms with Crippen molar-refractivity contribution in [3.8, 4) is 0 Å². The summed E-state index contributed by atoms with van der Waals surface area (Å²) in [5.41, 5.74) is 0. The lowest BCUT2D eigenvalue weighted by molar-refractivity contribution is -0.108. The van der Waals surface area contributed by atoms with Gasteiger partial charge >= 0.3 is 0 Å². The Kier molecular flexibility index (Phi) is 4.22. The first-order valence-electron chi connectivity index (χ1n) is 4.23. The van der Waals surface area contributed by atoms with Gasteiger partial charge in [0.2, 0.25) is 16.4 Å². The van der Waals surface area contributed by atoms with Crippen molar-refractivity contribution in [2.75, 3.05) is 14.2 Å². The van der Waals surface area contributed by atoms with Crippen molar-refractivity contribution >= 4 is 10.0 Å². The molecule has 0 bridgehead atoms. The van der Waals surface area contributed by atoms with Crippen LogP contribution < -0.4 is 4.72 Å². The molecule has 0 atom stereocenters. The molecule has 0 heterocycles. The summed E-state index contributed by atoms with van der Waals surface area (Å²) in [7, 11) is -0.886. The molecule has 0 radical (unpaired) electrons.